The van der Waals surface area contributed by atoms with Gasteiger partial charge >= 0.3 is 0 Å². The third kappa shape index (κ3) is 3.52. The van der Waals surface area contributed by atoms with Crippen molar-refractivity contribution in [1.82, 2.24) is 15.3 Å². The molecular weight excluding hydrogens is 258 g/mol. The number of nitrogens with zero attached hydrogens (tertiary/aromatic N) is 1. The monoisotopic (exact) mass is 277 g/mol. The van der Waals surface area contributed by atoms with Gasteiger partial charge in [0.05, 0.1) is 7.11 Å². The first-order valence-electron chi connectivity index (χ1n) is 6.18. The zero-order valence-corrected chi connectivity index (χ0v) is 12.3. The van der Waals surface area contributed by atoms with Crippen LogP contribution in [0.2, 0.25) is 0 Å². The van der Waals surface area contributed by atoms with Gasteiger partial charge in [0.1, 0.15) is 5.75 Å². The van der Waals surface area contributed by atoms with E-state index in [-0.39, 0.29) is 6.04 Å². The summed E-state index contributed by atoms with van der Waals surface area (Å²) in [6.07, 6.45) is 3.61. The fraction of sp³-hybridized carbons (Fsp3) is 0.357. The largest absolute Gasteiger partial charge is 0.496 e. The highest BCUT2D eigenvalue weighted by molar-refractivity contribution is 7.99. The summed E-state index contributed by atoms with van der Waals surface area (Å²) in [4.78, 5) is 7.33. The molecule has 0 aliphatic heterocycles. The normalized spacial score (nSPS) is 12.4. The highest BCUT2D eigenvalue weighted by Gasteiger charge is 2.15. The molecule has 0 aliphatic rings. The number of aromatic amines is 1. The van der Waals surface area contributed by atoms with Gasteiger partial charge in [-0.3, -0.25) is 0 Å². The van der Waals surface area contributed by atoms with Crippen molar-refractivity contribution in [1.29, 1.82) is 0 Å². The first kappa shape index (κ1) is 14.0. The molecule has 1 aromatic heterocycles. The Balaban J connectivity index is 2.14. The summed E-state index contributed by atoms with van der Waals surface area (Å²) in [5.41, 5.74) is 2.42. The number of imidazole rings is 1. The van der Waals surface area contributed by atoms with Gasteiger partial charge in [0.2, 0.25) is 0 Å². The Hall–Kier alpha value is -1.46. The molecule has 0 spiro atoms. The average Bonchev–Trinajstić information content (AvgIpc) is 2.93. The summed E-state index contributed by atoms with van der Waals surface area (Å²) in [5.74, 6) is 1.81. The van der Waals surface area contributed by atoms with Crippen LogP contribution in [-0.4, -0.2) is 29.9 Å². The van der Waals surface area contributed by atoms with Crippen LogP contribution >= 0.6 is 11.8 Å². The maximum Gasteiger partial charge on any atom is 0.165 e. The first-order valence-corrected chi connectivity index (χ1v) is 7.17. The van der Waals surface area contributed by atoms with E-state index in [1.54, 1.807) is 25.1 Å². The quantitative estimate of drug-likeness (QED) is 0.797. The van der Waals surface area contributed by atoms with Crippen LogP contribution in [0.15, 0.2) is 35.7 Å². The number of nitrogens with one attached hydrogen (secondary N) is 2. The van der Waals surface area contributed by atoms with Gasteiger partial charge < -0.3 is 15.0 Å². The summed E-state index contributed by atoms with van der Waals surface area (Å²) < 4.78 is 5.45. The minimum Gasteiger partial charge on any atom is -0.496 e. The van der Waals surface area contributed by atoms with Crippen LogP contribution in [0.25, 0.3) is 0 Å². The lowest BCUT2D eigenvalue weighted by atomic mass is 10.0. The molecule has 0 fully saturated rings. The predicted octanol–water partition coefficient (Wildman–Crippen LogP) is 2.78. The SMILES string of the molecule is CNC(CSc1ncc[nH]1)c1cc(C)ccc1OC. The smallest absolute Gasteiger partial charge is 0.165 e. The molecule has 0 radical (unpaired) electrons. The molecule has 0 saturated carbocycles. The number of thioether (sulfide) groups is 1. The van der Waals surface area contributed by atoms with Gasteiger partial charge in [-0.1, -0.05) is 29.5 Å². The van der Waals surface area contributed by atoms with Crippen LogP contribution in [0.5, 0.6) is 5.75 Å². The van der Waals surface area contributed by atoms with Crippen LogP contribution in [-0.2, 0) is 0 Å². The molecule has 0 bridgehead atoms. The molecule has 1 heterocycles. The molecule has 102 valence electrons. The number of benzene rings is 1. The molecular formula is C14H19N3OS. The van der Waals surface area contributed by atoms with Crippen molar-refractivity contribution in [2.24, 2.45) is 0 Å². The minimum absolute atomic E-state index is 0.227. The lowest BCUT2D eigenvalue weighted by molar-refractivity contribution is 0.404. The summed E-state index contributed by atoms with van der Waals surface area (Å²) in [5, 5.41) is 4.28. The Morgan fingerprint density at radius 3 is 2.95 bits per heavy atom. The highest BCUT2D eigenvalue weighted by Crippen LogP contribution is 2.29. The Labute approximate surface area is 118 Å². The van der Waals surface area contributed by atoms with Crippen molar-refractivity contribution in [3.63, 3.8) is 0 Å². The zero-order chi connectivity index (χ0) is 13.7. The number of hydrogen-bond acceptors (Lipinski definition) is 4. The molecule has 2 aromatic rings. The van der Waals surface area contributed by atoms with Gasteiger partial charge in [-0.2, -0.15) is 0 Å². The molecule has 2 rings (SSSR count). The molecule has 0 aliphatic carbocycles. The maximum atomic E-state index is 5.45. The Morgan fingerprint density at radius 2 is 2.32 bits per heavy atom. The van der Waals surface area contributed by atoms with E-state index in [1.807, 2.05) is 19.3 Å². The maximum absolute atomic E-state index is 5.45. The van der Waals surface area contributed by atoms with Crippen molar-refractivity contribution < 1.29 is 4.74 Å². The van der Waals surface area contributed by atoms with Gasteiger partial charge in [0, 0.05) is 29.8 Å². The van der Waals surface area contributed by atoms with Crippen LogP contribution in [0.1, 0.15) is 17.2 Å². The van der Waals surface area contributed by atoms with Crippen molar-refractivity contribution in [3.05, 3.63) is 41.7 Å². The van der Waals surface area contributed by atoms with E-state index >= 15 is 0 Å². The number of H-pyrrole nitrogens is 1. The number of methoxy groups -OCH3 is 1. The fourth-order valence-corrected chi connectivity index (χ4v) is 2.90. The lowest BCUT2D eigenvalue weighted by Gasteiger charge is -2.19. The molecule has 1 aromatic carbocycles. The molecule has 0 amide bonds. The summed E-state index contributed by atoms with van der Waals surface area (Å²) in [7, 11) is 3.68. The van der Waals surface area contributed by atoms with Crippen LogP contribution in [0.4, 0.5) is 0 Å². The van der Waals surface area contributed by atoms with E-state index < -0.39 is 0 Å². The topological polar surface area (TPSA) is 49.9 Å². The van der Waals surface area contributed by atoms with E-state index in [0.717, 1.165) is 16.7 Å². The van der Waals surface area contributed by atoms with E-state index in [2.05, 4.69) is 34.3 Å². The molecule has 0 saturated heterocycles. The summed E-state index contributed by atoms with van der Waals surface area (Å²) in [6, 6.07) is 6.48. The molecule has 4 nitrogen and oxygen atoms in total. The highest BCUT2D eigenvalue weighted by atomic mass is 32.2. The standard InChI is InChI=1S/C14H19N3OS/c1-10-4-5-13(18-3)11(8-10)12(15-2)9-19-14-16-6-7-17-14/h4-8,12,15H,9H2,1-3H3,(H,16,17). The molecule has 2 N–H and O–H groups in total. The second-order valence-corrected chi connectivity index (χ2v) is 5.30. The Bertz CT molecular complexity index is 513. The molecule has 19 heavy (non-hydrogen) atoms. The van der Waals surface area contributed by atoms with Gasteiger partial charge in [0.25, 0.3) is 0 Å². The number of aromatic nitrogens is 2. The van der Waals surface area contributed by atoms with Crippen LogP contribution in [0, 0.1) is 6.92 Å². The average molecular weight is 277 g/mol. The zero-order valence-electron chi connectivity index (χ0n) is 11.4. The first-order chi connectivity index (χ1) is 9.24. The van der Waals surface area contributed by atoms with Gasteiger partial charge in [-0.05, 0) is 20.0 Å². The molecule has 5 heteroatoms. The number of ether oxygens (including phenoxy) is 1. The summed E-state index contributed by atoms with van der Waals surface area (Å²) in [6.45, 7) is 2.09. The predicted molar refractivity (Wildman–Crippen MR) is 78.8 cm³/mol. The third-order valence-corrected chi connectivity index (χ3v) is 3.97. The Morgan fingerprint density at radius 1 is 1.47 bits per heavy atom. The van der Waals surface area contributed by atoms with E-state index in [1.165, 1.54) is 11.1 Å². The minimum atomic E-state index is 0.227. The van der Waals surface area contributed by atoms with E-state index in [9.17, 15) is 0 Å². The van der Waals surface area contributed by atoms with Crippen molar-refractivity contribution >= 4 is 11.8 Å². The van der Waals surface area contributed by atoms with E-state index in [4.69, 9.17) is 4.74 Å². The van der Waals surface area contributed by atoms with Crippen molar-refractivity contribution in [2.75, 3.05) is 19.9 Å². The number of hydrogen-bond donors (Lipinski definition) is 2. The van der Waals surface area contributed by atoms with Gasteiger partial charge in [0.15, 0.2) is 5.16 Å². The third-order valence-electron chi connectivity index (χ3n) is 2.97. The van der Waals surface area contributed by atoms with E-state index in [0.29, 0.717) is 0 Å². The van der Waals surface area contributed by atoms with Gasteiger partial charge in [-0.25, -0.2) is 4.98 Å². The second kappa shape index (κ2) is 6.63. The van der Waals surface area contributed by atoms with Gasteiger partial charge in [-0.15, -0.1) is 0 Å². The fourth-order valence-electron chi connectivity index (χ4n) is 1.95. The lowest BCUT2D eigenvalue weighted by Crippen LogP contribution is -2.19. The van der Waals surface area contributed by atoms with Crippen LogP contribution < -0.4 is 10.1 Å². The summed E-state index contributed by atoms with van der Waals surface area (Å²) >= 11 is 1.69. The van der Waals surface area contributed by atoms with Crippen LogP contribution in [0.3, 0.4) is 0 Å². The second-order valence-electron chi connectivity index (χ2n) is 4.29. The molecule has 1 atom stereocenters. The number of rotatable bonds is 6. The Kier molecular flexibility index (Phi) is 4.87. The number of aryl methyl sites for hydroxylation is 1. The van der Waals surface area contributed by atoms with Crippen molar-refractivity contribution in [2.45, 2.75) is 18.1 Å². The van der Waals surface area contributed by atoms with Crippen molar-refractivity contribution in [3.8, 4) is 5.75 Å². The molecule has 1 unspecified atom stereocenters.